The van der Waals surface area contributed by atoms with E-state index >= 15 is 0 Å². The molecule has 0 saturated heterocycles. The third-order valence-electron chi connectivity index (χ3n) is 7.51. The summed E-state index contributed by atoms with van der Waals surface area (Å²) in [5.74, 6) is -2.08. The summed E-state index contributed by atoms with van der Waals surface area (Å²) in [5.41, 5.74) is -2.98. The van der Waals surface area contributed by atoms with Crippen LogP contribution in [0.15, 0.2) is 30.3 Å². The van der Waals surface area contributed by atoms with Gasteiger partial charge in [-0.25, -0.2) is 9.59 Å². The average molecular weight is 603 g/mol. The third kappa shape index (κ3) is 11.5. The van der Waals surface area contributed by atoms with Gasteiger partial charge < -0.3 is 30.7 Å². The third-order valence-corrected chi connectivity index (χ3v) is 7.51. The van der Waals surface area contributed by atoms with Crippen LogP contribution in [0.25, 0.3) is 0 Å². The Morgan fingerprint density at radius 1 is 0.860 bits per heavy atom. The van der Waals surface area contributed by atoms with Crippen molar-refractivity contribution in [3.63, 3.8) is 0 Å². The van der Waals surface area contributed by atoms with Gasteiger partial charge in [-0.05, 0) is 72.3 Å². The number of amides is 4. The summed E-state index contributed by atoms with van der Waals surface area (Å²) in [6, 6.07) is 8.14. The molecule has 1 atom stereocenters. The normalized spacial score (nSPS) is 15.8. The number of methoxy groups -OCH3 is 1. The van der Waals surface area contributed by atoms with Crippen molar-refractivity contribution in [2.24, 2.45) is 5.41 Å². The van der Waals surface area contributed by atoms with Gasteiger partial charge >= 0.3 is 12.1 Å². The Morgan fingerprint density at radius 2 is 1.47 bits per heavy atom. The highest BCUT2D eigenvalue weighted by molar-refractivity contribution is 5.96. The molecule has 0 bridgehead atoms. The second-order valence-electron chi connectivity index (χ2n) is 13.6. The van der Waals surface area contributed by atoms with Crippen molar-refractivity contribution in [2.45, 2.75) is 116 Å². The van der Waals surface area contributed by atoms with Crippen LogP contribution >= 0.6 is 0 Å². The standard InChI is InChI=1S/C32H50N4O7/c1-29(2,3)43-28(41)33-21-32(17-13-10-14-18-32)20-24(37)35-30(4,5)26(39)34-23(19-22-15-11-9-12-16-22)25(38)36-31(6,7)27(40)42-8/h9,11-12,15-16,23H,10,13-14,17-21H2,1-8H3,(H,33,41)(H,34,39)(H,35,37)(H,36,38)/t23-/m0/s1. The zero-order valence-corrected chi connectivity index (χ0v) is 27.0. The van der Waals surface area contributed by atoms with Gasteiger partial charge in [-0.1, -0.05) is 49.6 Å². The number of carbonyl (C=O) groups excluding carboxylic acids is 5. The zero-order valence-electron chi connectivity index (χ0n) is 27.0. The van der Waals surface area contributed by atoms with Crippen molar-refractivity contribution in [3.05, 3.63) is 35.9 Å². The highest BCUT2D eigenvalue weighted by Gasteiger charge is 2.39. The van der Waals surface area contributed by atoms with Crippen molar-refractivity contribution in [1.82, 2.24) is 21.3 Å². The molecule has 1 saturated carbocycles. The fraction of sp³-hybridized carbons (Fsp3) is 0.656. The first kappa shape index (κ1) is 35.6. The van der Waals surface area contributed by atoms with E-state index in [4.69, 9.17) is 9.47 Å². The van der Waals surface area contributed by atoms with Crippen LogP contribution in [-0.2, 0) is 35.1 Å². The number of alkyl carbamates (subject to hydrolysis) is 1. The van der Waals surface area contributed by atoms with Crippen LogP contribution in [-0.4, -0.2) is 66.2 Å². The number of rotatable bonds is 12. The predicted octanol–water partition coefficient (Wildman–Crippen LogP) is 3.54. The molecular weight excluding hydrogens is 552 g/mol. The van der Waals surface area contributed by atoms with Gasteiger partial charge in [0.1, 0.15) is 22.7 Å². The number of carbonyl (C=O) groups is 5. The number of hydrogen-bond donors (Lipinski definition) is 4. The molecule has 0 radical (unpaired) electrons. The van der Waals surface area contributed by atoms with E-state index in [0.29, 0.717) is 0 Å². The van der Waals surface area contributed by atoms with E-state index in [1.165, 1.54) is 21.0 Å². The lowest BCUT2D eigenvalue weighted by atomic mass is 9.71. The fourth-order valence-corrected chi connectivity index (χ4v) is 5.18. The van der Waals surface area contributed by atoms with Gasteiger partial charge in [0.15, 0.2) is 0 Å². The predicted molar refractivity (Wildman–Crippen MR) is 163 cm³/mol. The first-order valence-electron chi connectivity index (χ1n) is 14.9. The highest BCUT2D eigenvalue weighted by atomic mass is 16.6. The fourth-order valence-electron chi connectivity index (χ4n) is 5.18. The summed E-state index contributed by atoms with van der Waals surface area (Å²) in [7, 11) is 1.23. The molecule has 11 nitrogen and oxygen atoms in total. The maximum absolute atomic E-state index is 13.5. The molecule has 0 spiro atoms. The largest absolute Gasteiger partial charge is 0.467 e. The topological polar surface area (TPSA) is 152 Å². The van der Waals surface area contributed by atoms with Crippen LogP contribution in [0.1, 0.15) is 92.6 Å². The van der Waals surface area contributed by atoms with Gasteiger partial charge in [-0.15, -0.1) is 0 Å². The minimum absolute atomic E-state index is 0.126. The van der Waals surface area contributed by atoms with E-state index in [2.05, 4.69) is 21.3 Å². The van der Waals surface area contributed by atoms with E-state index in [9.17, 15) is 24.0 Å². The lowest BCUT2D eigenvalue weighted by Gasteiger charge is -2.38. The van der Waals surface area contributed by atoms with Crippen molar-refractivity contribution < 1.29 is 33.4 Å². The smallest absolute Gasteiger partial charge is 0.407 e. The molecule has 1 fully saturated rings. The number of hydrogen-bond acceptors (Lipinski definition) is 7. The van der Waals surface area contributed by atoms with E-state index in [1.807, 2.05) is 30.3 Å². The van der Waals surface area contributed by atoms with E-state index in [0.717, 1.165) is 37.7 Å². The number of esters is 1. The Labute approximate surface area is 255 Å². The molecule has 2 rings (SSSR count). The molecule has 1 aliphatic rings. The van der Waals surface area contributed by atoms with Gasteiger partial charge in [0.25, 0.3) is 0 Å². The quantitative estimate of drug-likeness (QED) is 0.267. The number of benzene rings is 1. The molecular formula is C32H50N4O7. The second kappa shape index (κ2) is 14.7. The molecule has 0 aliphatic heterocycles. The molecule has 4 amide bonds. The molecule has 1 aromatic carbocycles. The molecule has 0 heterocycles. The Kier molecular flexibility index (Phi) is 12.2. The molecule has 1 aliphatic carbocycles. The Morgan fingerprint density at radius 3 is 2.02 bits per heavy atom. The molecule has 1 aromatic rings. The molecule has 43 heavy (non-hydrogen) atoms. The van der Waals surface area contributed by atoms with Crippen molar-refractivity contribution in [3.8, 4) is 0 Å². The summed E-state index contributed by atoms with van der Waals surface area (Å²) >= 11 is 0. The lowest BCUT2D eigenvalue weighted by molar-refractivity contribution is -0.149. The number of ether oxygens (including phenoxy) is 2. The van der Waals surface area contributed by atoms with Crippen LogP contribution in [0.4, 0.5) is 4.79 Å². The van der Waals surface area contributed by atoms with E-state index < -0.39 is 52.0 Å². The minimum Gasteiger partial charge on any atom is -0.467 e. The van der Waals surface area contributed by atoms with Crippen molar-refractivity contribution in [2.75, 3.05) is 13.7 Å². The molecule has 4 N–H and O–H groups in total. The van der Waals surface area contributed by atoms with E-state index in [1.54, 1.807) is 34.6 Å². The van der Waals surface area contributed by atoms with Crippen LogP contribution < -0.4 is 21.3 Å². The minimum atomic E-state index is -1.36. The Bertz CT molecular complexity index is 1140. The summed E-state index contributed by atoms with van der Waals surface area (Å²) in [6.45, 7) is 11.8. The molecule has 0 unspecified atom stereocenters. The van der Waals surface area contributed by atoms with E-state index in [-0.39, 0.29) is 25.3 Å². The summed E-state index contributed by atoms with van der Waals surface area (Å²) in [4.78, 5) is 64.7. The van der Waals surface area contributed by atoms with Crippen molar-refractivity contribution >= 4 is 29.8 Å². The Balaban J connectivity index is 2.14. The molecule has 11 heteroatoms. The van der Waals surface area contributed by atoms with Crippen LogP contribution in [0.2, 0.25) is 0 Å². The maximum atomic E-state index is 13.5. The molecule has 240 valence electrons. The van der Waals surface area contributed by atoms with Gasteiger partial charge in [0, 0.05) is 19.4 Å². The summed E-state index contributed by atoms with van der Waals surface area (Å²) < 4.78 is 10.2. The number of nitrogens with one attached hydrogen (secondary N) is 4. The average Bonchev–Trinajstić information content (AvgIpc) is 2.90. The maximum Gasteiger partial charge on any atom is 0.407 e. The van der Waals surface area contributed by atoms with Crippen LogP contribution in [0.5, 0.6) is 0 Å². The SMILES string of the molecule is COC(=O)C(C)(C)NC(=O)[C@H](Cc1ccccc1)NC(=O)C(C)(C)NC(=O)CC1(CNC(=O)OC(C)(C)C)CCCCC1. The summed E-state index contributed by atoms with van der Waals surface area (Å²) in [6.07, 6.45) is 4.21. The first-order chi connectivity index (χ1) is 19.9. The van der Waals surface area contributed by atoms with Gasteiger partial charge in [-0.3, -0.25) is 14.4 Å². The highest BCUT2D eigenvalue weighted by Crippen LogP contribution is 2.39. The lowest BCUT2D eigenvalue weighted by Crippen LogP contribution is -2.62. The molecule has 0 aromatic heterocycles. The van der Waals surface area contributed by atoms with Gasteiger partial charge in [-0.2, -0.15) is 0 Å². The van der Waals surface area contributed by atoms with Gasteiger partial charge in [0.2, 0.25) is 17.7 Å². The van der Waals surface area contributed by atoms with Crippen molar-refractivity contribution in [1.29, 1.82) is 0 Å². The van der Waals surface area contributed by atoms with Crippen LogP contribution in [0.3, 0.4) is 0 Å². The second-order valence-corrected chi connectivity index (χ2v) is 13.6. The monoisotopic (exact) mass is 602 g/mol. The first-order valence-corrected chi connectivity index (χ1v) is 14.9. The zero-order chi connectivity index (χ0) is 32.5. The summed E-state index contributed by atoms with van der Waals surface area (Å²) in [5, 5.41) is 11.1. The van der Waals surface area contributed by atoms with Crippen LogP contribution in [0, 0.1) is 5.41 Å². The van der Waals surface area contributed by atoms with Gasteiger partial charge in [0.05, 0.1) is 7.11 Å². The Hall–Kier alpha value is -3.63.